The Morgan fingerprint density at radius 3 is 2.68 bits per heavy atom. The highest BCUT2D eigenvalue weighted by Gasteiger charge is 2.25. The van der Waals surface area contributed by atoms with Crippen LogP contribution in [-0.2, 0) is 4.79 Å². The molecule has 0 aliphatic carbocycles. The summed E-state index contributed by atoms with van der Waals surface area (Å²) in [7, 11) is 1.60. The maximum atomic E-state index is 12.5. The van der Waals surface area contributed by atoms with Gasteiger partial charge in [0.2, 0.25) is 5.44 Å². The van der Waals surface area contributed by atoms with Gasteiger partial charge in [0.05, 0.1) is 24.4 Å². The zero-order chi connectivity index (χ0) is 18.4. The zero-order valence-corrected chi connectivity index (χ0v) is 15.9. The van der Waals surface area contributed by atoms with Crippen LogP contribution in [0.3, 0.4) is 0 Å². The Morgan fingerprint density at radius 1 is 1.32 bits per heavy atom. The smallest absolute Gasteiger partial charge is 0.272 e. The number of aromatic nitrogens is 1. The van der Waals surface area contributed by atoms with Crippen molar-refractivity contribution < 1.29 is 14.3 Å². The molecule has 2 rings (SSSR count). The fourth-order valence-electron chi connectivity index (χ4n) is 2.32. The van der Waals surface area contributed by atoms with Crippen molar-refractivity contribution in [3.8, 4) is 23.3 Å². The highest BCUT2D eigenvalue weighted by atomic mass is 32.2. The maximum absolute atomic E-state index is 12.5. The number of hydrogen-bond donors (Lipinski definition) is 1. The molecule has 1 amide bonds. The molecular formula is C19H22N2O3S. The first-order valence-electron chi connectivity index (χ1n) is 7.77. The SMILES string of the molecule is CC#CC(C)(C)NC(=O)C(Oc1ccc2ncc(OC)cc2c1)SC. The van der Waals surface area contributed by atoms with E-state index in [0.29, 0.717) is 11.5 Å². The molecule has 6 heteroatoms. The number of thioether (sulfide) groups is 1. The molecule has 1 heterocycles. The van der Waals surface area contributed by atoms with Crippen molar-refractivity contribution in [2.24, 2.45) is 0 Å². The van der Waals surface area contributed by atoms with Crippen LogP contribution in [-0.4, -0.2) is 35.2 Å². The summed E-state index contributed by atoms with van der Waals surface area (Å²) in [6, 6.07) is 7.38. The van der Waals surface area contributed by atoms with E-state index >= 15 is 0 Å². The highest BCUT2D eigenvalue weighted by Crippen LogP contribution is 2.25. The van der Waals surface area contributed by atoms with E-state index in [1.807, 2.05) is 38.3 Å². The average Bonchev–Trinajstić information content (AvgIpc) is 2.58. The molecule has 1 aromatic carbocycles. The monoisotopic (exact) mass is 358 g/mol. The fourth-order valence-corrected chi connectivity index (χ4v) is 2.80. The fraction of sp³-hybridized carbons (Fsp3) is 0.368. The lowest BCUT2D eigenvalue weighted by molar-refractivity contribution is -0.125. The van der Waals surface area contributed by atoms with Crippen molar-refractivity contribution in [2.45, 2.75) is 31.7 Å². The van der Waals surface area contributed by atoms with E-state index in [2.05, 4.69) is 22.1 Å². The Kier molecular flexibility index (Phi) is 6.16. The van der Waals surface area contributed by atoms with E-state index in [1.54, 1.807) is 26.3 Å². The van der Waals surface area contributed by atoms with Crippen LogP contribution in [0.25, 0.3) is 10.9 Å². The van der Waals surface area contributed by atoms with Gasteiger partial charge in [0.15, 0.2) is 0 Å². The van der Waals surface area contributed by atoms with E-state index in [-0.39, 0.29) is 5.91 Å². The second-order valence-electron chi connectivity index (χ2n) is 5.90. The number of benzene rings is 1. The van der Waals surface area contributed by atoms with Crippen LogP contribution < -0.4 is 14.8 Å². The lowest BCUT2D eigenvalue weighted by Gasteiger charge is -2.24. The summed E-state index contributed by atoms with van der Waals surface area (Å²) in [4.78, 5) is 16.8. The number of carbonyl (C=O) groups excluding carboxylic acids is 1. The van der Waals surface area contributed by atoms with Gasteiger partial charge >= 0.3 is 0 Å². The van der Waals surface area contributed by atoms with Gasteiger partial charge in [-0.05, 0) is 51.3 Å². The van der Waals surface area contributed by atoms with Crippen molar-refractivity contribution in [2.75, 3.05) is 13.4 Å². The summed E-state index contributed by atoms with van der Waals surface area (Å²) in [6.45, 7) is 5.45. The van der Waals surface area contributed by atoms with Gasteiger partial charge in [0.1, 0.15) is 11.5 Å². The van der Waals surface area contributed by atoms with Crippen LogP contribution in [0.2, 0.25) is 0 Å². The number of fused-ring (bicyclic) bond motifs is 1. The van der Waals surface area contributed by atoms with Gasteiger partial charge in [-0.15, -0.1) is 17.7 Å². The minimum Gasteiger partial charge on any atom is -0.495 e. The summed E-state index contributed by atoms with van der Waals surface area (Å²) in [5, 5.41) is 3.78. The predicted molar refractivity (Wildman–Crippen MR) is 102 cm³/mol. The van der Waals surface area contributed by atoms with Crippen LogP contribution in [0.15, 0.2) is 30.5 Å². The van der Waals surface area contributed by atoms with Crippen molar-refractivity contribution in [1.82, 2.24) is 10.3 Å². The largest absolute Gasteiger partial charge is 0.495 e. The number of nitrogens with zero attached hydrogens (tertiary/aromatic N) is 1. The number of hydrogen-bond acceptors (Lipinski definition) is 5. The van der Waals surface area contributed by atoms with E-state index < -0.39 is 11.0 Å². The molecule has 0 bridgehead atoms. The maximum Gasteiger partial charge on any atom is 0.272 e. The third kappa shape index (κ3) is 5.04. The van der Waals surface area contributed by atoms with Gasteiger partial charge in [0.25, 0.3) is 5.91 Å². The average molecular weight is 358 g/mol. The lowest BCUT2D eigenvalue weighted by Crippen LogP contribution is -2.47. The number of amides is 1. The molecule has 0 spiro atoms. The van der Waals surface area contributed by atoms with E-state index in [1.165, 1.54) is 11.8 Å². The van der Waals surface area contributed by atoms with Crippen molar-refractivity contribution >= 4 is 28.6 Å². The Balaban J connectivity index is 2.18. The molecule has 0 radical (unpaired) electrons. The summed E-state index contributed by atoms with van der Waals surface area (Å²) in [5.41, 5.74) is -0.448. The van der Waals surface area contributed by atoms with Gasteiger partial charge in [-0.25, -0.2) is 0 Å². The summed E-state index contributed by atoms with van der Waals surface area (Å²) in [6.07, 6.45) is 3.49. The molecule has 1 N–H and O–H groups in total. The summed E-state index contributed by atoms with van der Waals surface area (Å²) >= 11 is 1.32. The Morgan fingerprint density at radius 2 is 2.04 bits per heavy atom. The third-order valence-electron chi connectivity index (χ3n) is 3.41. The predicted octanol–water partition coefficient (Wildman–Crippen LogP) is 3.23. The van der Waals surface area contributed by atoms with Gasteiger partial charge in [-0.1, -0.05) is 5.92 Å². The van der Waals surface area contributed by atoms with Crippen LogP contribution in [0.4, 0.5) is 0 Å². The standard InChI is InChI=1S/C19H22N2O3S/c1-6-9-19(2,3)21-17(22)18(25-5)24-14-7-8-16-13(10-14)11-15(23-4)12-20-16/h7-8,10-12,18H,1-5H3,(H,21,22). The Labute approximate surface area is 152 Å². The molecule has 1 atom stereocenters. The molecule has 0 aliphatic rings. The van der Waals surface area contributed by atoms with Gasteiger partial charge in [-0.3, -0.25) is 9.78 Å². The second kappa shape index (κ2) is 8.13. The molecule has 5 nitrogen and oxygen atoms in total. The van der Waals surface area contributed by atoms with Crippen LogP contribution >= 0.6 is 11.8 Å². The van der Waals surface area contributed by atoms with Crippen LogP contribution in [0.5, 0.6) is 11.5 Å². The molecule has 0 aliphatic heterocycles. The van der Waals surface area contributed by atoms with Crippen molar-refractivity contribution in [3.63, 3.8) is 0 Å². The molecule has 0 saturated heterocycles. The topological polar surface area (TPSA) is 60.5 Å². The molecule has 2 aromatic rings. The lowest BCUT2D eigenvalue weighted by atomic mass is 10.1. The molecular weight excluding hydrogens is 336 g/mol. The van der Waals surface area contributed by atoms with Gasteiger partial charge in [-0.2, -0.15) is 0 Å². The number of nitrogens with one attached hydrogen (secondary N) is 1. The van der Waals surface area contributed by atoms with Crippen LogP contribution in [0.1, 0.15) is 20.8 Å². The highest BCUT2D eigenvalue weighted by molar-refractivity contribution is 7.99. The minimum absolute atomic E-state index is 0.218. The van der Waals surface area contributed by atoms with E-state index in [9.17, 15) is 4.79 Å². The second-order valence-corrected chi connectivity index (χ2v) is 6.80. The number of carbonyl (C=O) groups is 1. The third-order valence-corrected chi connectivity index (χ3v) is 4.15. The first kappa shape index (κ1) is 18.9. The van der Waals surface area contributed by atoms with E-state index in [0.717, 1.165) is 10.9 Å². The summed E-state index contributed by atoms with van der Waals surface area (Å²) in [5.74, 6) is 6.83. The number of pyridine rings is 1. The first-order valence-corrected chi connectivity index (χ1v) is 9.06. The summed E-state index contributed by atoms with van der Waals surface area (Å²) < 4.78 is 11.1. The van der Waals surface area contributed by atoms with Gasteiger partial charge < -0.3 is 14.8 Å². The Bertz CT molecular complexity index is 824. The minimum atomic E-state index is -0.672. The molecule has 25 heavy (non-hydrogen) atoms. The number of methoxy groups -OCH3 is 1. The zero-order valence-electron chi connectivity index (χ0n) is 15.0. The molecule has 1 unspecified atom stereocenters. The van der Waals surface area contributed by atoms with Gasteiger partial charge in [0, 0.05) is 5.39 Å². The molecule has 0 fully saturated rings. The molecule has 132 valence electrons. The normalized spacial score (nSPS) is 12.0. The molecule has 1 aromatic heterocycles. The first-order chi connectivity index (χ1) is 11.9. The number of ether oxygens (including phenoxy) is 2. The number of rotatable bonds is 6. The quantitative estimate of drug-likeness (QED) is 0.635. The van der Waals surface area contributed by atoms with Crippen molar-refractivity contribution in [3.05, 3.63) is 30.5 Å². The van der Waals surface area contributed by atoms with E-state index in [4.69, 9.17) is 9.47 Å². The van der Waals surface area contributed by atoms with Crippen molar-refractivity contribution in [1.29, 1.82) is 0 Å². The van der Waals surface area contributed by atoms with Crippen LogP contribution in [0, 0.1) is 11.8 Å². The molecule has 0 saturated carbocycles. The Hall–Kier alpha value is -2.39.